The van der Waals surface area contributed by atoms with Crippen molar-refractivity contribution in [1.29, 1.82) is 0 Å². The number of hydrogen-bond donors (Lipinski definition) is 1. The van der Waals surface area contributed by atoms with Crippen LogP contribution in [0.15, 0.2) is 18.2 Å². The number of aliphatic hydroxyl groups is 1. The highest BCUT2D eigenvalue weighted by atomic mass is 16.5. The number of methoxy groups -OCH3 is 1. The first-order chi connectivity index (χ1) is 7.19. The molecule has 1 aromatic rings. The Morgan fingerprint density at radius 1 is 1.40 bits per heavy atom. The molecule has 0 bridgehead atoms. The Balaban J connectivity index is 2.94. The Kier molecular flexibility index (Phi) is 4.43. The lowest BCUT2D eigenvalue weighted by atomic mass is 10.1. The fraction of sp³-hybridized carbons (Fsp3) is 0.500. The largest absolute Gasteiger partial charge is 0.497 e. The van der Waals surface area contributed by atoms with Crippen molar-refractivity contribution in [2.24, 2.45) is 0 Å². The van der Waals surface area contributed by atoms with E-state index < -0.39 is 6.10 Å². The lowest BCUT2D eigenvalue weighted by Crippen LogP contribution is -2.01. The van der Waals surface area contributed by atoms with E-state index in [1.165, 1.54) is 0 Å². The Morgan fingerprint density at radius 2 is 2.13 bits per heavy atom. The first-order valence-corrected chi connectivity index (χ1v) is 5.17. The maximum Gasteiger partial charge on any atom is 0.128 e. The fourth-order valence-electron chi connectivity index (χ4n) is 1.32. The molecule has 0 aliphatic rings. The van der Waals surface area contributed by atoms with Gasteiger partial charge in [-0.1, -0.05) is 6.92 Å². The van der Waals surface area contributed by atoms with Crippen molar-refractivity contribution in [2.45, 2.75) is 26.4 Å². The lowest BCUT2D eigenvalue weighted by Gasteiger charge is -2.14. The number of ether oxygens (including phenoxy) is 2. The van der Waals surface area contributed by atoms with Crippen molar-refractivity contribution < 1.29 is 14.6 Å². The van der Waals surface area contributed by atoms with Gasteiger partial charge in [0.15, 0.2) is 0 Å². The van der Waals surface area contributed by atoms with Gasteiger partial charge in [-0.05, 0) is 25.5 Å². The van der Waals surface area contributed by atoms with E-state index in [0.717, 1.165) is 17.7 Å². The zero-order valence-electron chi connectivity index (χ0n) is 9.49. The second-order valence-electron chi connectivity index (χ2n) is 3.43. The van der Waals surface area contributed by atoms with E-state index in [-0.39, 0.29) is 0 Å². The van der Waals surface area contributed by atoms with Crippen molar-refractivity contribution in [3.8, 4) is 11.5 Å². The average Bonchev–Trinajstić information content (AvgIpc) is 2.25. The normalized spacial score (nSPS) is 12.3. The van der Waals surface area contributed by atoms with E-state index in [2.05, 4.69) is 0 Å². The monoisotopic (exact) mass is 210 g/mol. The molecule has 0 radical (unpaired) electrons. The number of hydrogen-bond acceptors (Lipinski definition) is 3. The van der Waals surface area contributed by atoms with Crippen molar-refractivity contribution in [2.75, 3.05) is 13.7 Å². The van der Waals surface area contributed by atoms with Gasteiger partial charge in [0.1, 0.15) is 11.5 Å². The second-order valence-corrected chi connectivity index (χ2v) is 3.43. The predicted octanol–water partition coefficient (Wildman–Crippen LogP) is 2.54. The van der Waals surface area contributed by atoms with Crippen LogP contribution >= 0.6 is 0 Å². The van der Waals surface area contributed by atoms with E-state index in [1.54, 1.807) is 20.1 Å². The van der Waals surface area contributed by atoms with Crippen molar-refractivity contribution in [3.05, 3.63) is 23.8 Å². The van der Waals surface area contributed by atoms with Crippen LogP contribution in [0.25, 0.3) is 0 Å². The van der Waals surface area contributed by atoms with Crippen molar-refractivity contribution in [1.82, 2.24) is 0 Å². The molecule has 3 nitrogen and oxygen atoms in total. The maximum absolute atomic E-state index is 9.55. The summed E-state index contributed by atoms with van der Waals surface area (Å²) in [6.07, 6.45) is 0.416. The zero-order valence-corrected chi connectivity index (χ0v) is 9.49. The Hall–Kier alpha value is -1.22. The third-order valence-corrected chi connectivity index (χ3v) is 2.13. The number of benzene rings is 1. The molecule has 0 saturated carbocycles. The topological polar surface area (TPSA) is 38.7 Å². The minimum atomic E-state index is -0.525. The smallest absolute Gasteiger partial charge is 0.128 e. The highest BCUT2D eigenvalue weighted by Crippen LogP contribution is 2.29. The first-order valence-electron chi connectivity index (χ1n) is 5.17. The minimum Gasteiger partial charge on any atom is -0.497 e. The van der Waals surface area contributed by atoms with E-state index in [1.807, 2.05) is 19.1 Å². The molecule has 0 amide bonds. The summed E-state index contributed by atoms with van der Waals surface area (Å²) in [6.45, 7) is 4.41. The zero-order chi connectivity index (χ0) is 11.3. The van der Waals surface area contributed by atoms with Gasteiger partial charge < -0.3 is 14.6 Å². The van der Waals surface area contributed by atoms with Gasteiger partial charge in [0.05, 0.1) is 19.8 Å². The molecular weight excluding hydrogens is 192 g/mol. The van der Waals surface area contributed by atoms with Gasteiger partial charge in [-0.3, -0.25) is 0 Å². The highest BCUT2D eigenvalue weighted by Gasteiger charge is 2.10. The summed E-state index contributed by atoms with van der Waals surface area (Å²) in [6, 6.07) is 5.45. The molecular formula is C12H18O3. The molecule has 3 heteroatoms. The molecule has 1 unspecified atom stereocenters. The van der Waals surface area contributed by atoms with Gasteiger partial charge in [-0.2, -0.15) is 0 Å². The van der Waals surface area contributed by atoms with E-state index in [0.29, 0.717) is 12.4 Å². The summed E-state index contributed by atoms with van der Waals surface area (Å²) in [5, 5.41) is 9.55. The third-order valence-electron chi connectivity index (χ3n) is 2.13. The predicted molar refractivity (Wildman–Crippen MR) is 59.4 cm³/mol. The summed E-state index contributed by atoms with van der Waals surface area (Å²) >= 11 is 0. The van der Waals surface area contributed by atoms with Crippen LogP contribution in [0, 0.1) is 0 Å². The van der Waals surface area contributed by atoms with Crippen LogP contribution in [-0.4, -0.2) is 18.8 Å². The lowest BCUT2D eigenvalue weighted by molar-refractivity contribution is 0.191. The molecule has 0 aliphatic carbocycles. The summed E-state index contributed by atoms with van der Waals surface area (Å²) < 4.78 is 10.7. The first kappa shape index (κ1) is 11.9. The summed E-state index contributed by atoms with van der Waals surface area (Å²) in [5.41, 5.74) is 0.796. The van der Waals surface area contributed by atoms with Crippen LogP contribution in [0.2, 0.25) is 0 Å². The van der Waals surface area contributed by atoms with E-state index in [4.69, 9.17) is 9.47 Å². The maximum atomic E-state index is 9.55. The van der Waals surface area contributed by atoms with Crippen LogP contribution in [0.1, 0.15) is 31.9 Å². The molecule has 0 saturated heterocycles. The summed E-state index contributed by atoms with van der Waals surface area (Å²) in [7, 11) is 1.61. The molecule has 0 aliphatic heterocycles. The van der Waals surface area contributed by atoms with Crippen molar-refractivity contribution >= 4 is 0 Å². The molecule has 0 aromatic heterocycles. The standard InChI is InChI=1S/C12H18O3/c1-4-7-15-12-8-10(14-3)5-6-11(12)9(2)13/h5-6,8-9,13H,4,7H2,1-3H3. The van der Waals surface area contributed by atoms with E-state index >= 15 is 0 Å². The van der Waals surface area contributed by atoms with Gasteiger partial charge >= 0.3 is 0 Å². The quantitative estimate of drug-likeness (QED) is 0.811. The highest BCUT2D eigenvalue weighted by molar-refractivity contribution is 5.41. The van der Waals surface area contributed by atoms with Gasteiger partial charge in [0.2, 0.25) is 0 Å². The molecule has 1 atom stereocenters. The summed E-state index contributed by atoms with van der Waals surface area (Å²) in [5.74, 6) is 1.44. The number of aliphatic hydroxyl groups excluding tert-OH is 1. The molecule has 0 heterocycles. The number of rotatable bonds is 5. The van der Waals surface area contributed by atoms with Crippen LogP contribution in [-0.2, 0) is 0 Å². The van der Waals surface area contributed by atoms with Gasteiger partial charge in [-0.15, -0.1) is 0 Å². The van der Waals surface area contributed by atoms with E-state index in [9.17, 15) is 5.11 Å². The second kappa shape index (κ2) is 5.61. The molecule has 0 spiro atoms. The molecule has 1 aromatic carbocycles. The van der Waals surface area contributed by atoms with Gasteiger partial charge in [-0.25, -0.2) is 0 Å². The van der Waals surface area contributed by atoms with Gasteiger partial charge in [0, 0.05) is 11.6 Å². The SMILES string of the molecule is CCCOc1cc(OC)ccc1C(C)O. The van der Waals surface area contributed by atoms with Crippen molar-refractivity contribution in [3.63, 3.8) is 0 Å². The fourth-order valence-corrected chi connectivity index (χ4v) is 1.32. The Bertz CT molecular complexity index is 308. The van der Waals surface area contributed by atoms with Crippen LogP contribution in [0.4, 0.5) is 0 Å². The molecule has 1 N–H and O–H groups in total. The Morgan fingerprint density at radius 3 is 2.67 bits per heavy atom. The third kappa shape index (κ3) is 3.13. The molecule has 84 valence electrons. The molecule has 15 heavy (non-hydrogen) atoms. The van der Waals surface area contributed by atoms with Gasteiger partial charge in [0.25, 0.3) is 0 Å². The Labute approximate surface area is 90.6 Å². The summed E-state index contributed by atoms with van der Waals surface area (Å²) in [4.78, 5) is 0. The molecule has 1 rings (SSSR count). The average molecular weight is 210 g/mol. The van der Waals surface area contributed by atoms with Crippen LogP contribution in [0.3, 0.4) is 0 Å². The van der Waals surface area contributed by atoms with Crippen LogP contribution < -0.4 is 9.47 Å². The molecule has 0 fully saturated rings. The van der Waals surface area contributed by atoms with Crippen LogP contribution in [0.5, 0.6) is 11.5 Å². The minimum absolute atomic E-state index is 0.525.